The molecule has 0 bridgehead atoms. The summed E-state index contributed by atoms with van der Waals surface area (Å²) in [5, 5.41) is 17.5. The molecule has 0 aromatic carbocycles. The zero-order valence-electron chi connectivity index (χ0n) is 6.79. The minimum atomic E-state index is -0.995. The van der Waals surface area contributed by atoms with Gasteiger partial charge in [-0.15, -0.1) is 0 Å². The molecule has 1 atom stereocenters. The highest BCUT2D eigenvalue weighted by atomic mass is 16.3. The molecule has 72 valence electrons. The van der Waals surface area contributed by atoms with Crippen molar-refractivity contribution in [1.29, 1.82) is 0 Å². The summed E-state index contributed by atoms with van der Waals surface area (Å²) < 4.78 is 1.07. The lowest BCUT2D eigenvalue weighted by molar-refractivity contribution is 0.0798. The van der Waals surface area contributed by atoms with Gasteiger partial charge in [0, 0.05) is 0 Å². The number of hydrogen-bond acceptors (Lipinski definition) is 6. The lowest BCUT2D eigenvalue weighted by atomic mass is 10.4. The molecule has 4 N–H and O–H groups in total. The summed E-state index contributed by atoms with van der Waals surface area (Å²) >= 11 is 0. The van der Waals surface area contributed by atoms with Crippen molar-refractivity contribution in [2.45, 2.75) is 12.6 Å². The van der Waals surface area contributed by atoms with Gasteiger partial charge < -0.3 is 15.9 Å². The van der Waals surface area contributed by atoms with E-state index in [0.29, 0.717) is 0 Å². The van der Waals surface area contributed by atoms with Gasteiger partial charge in [0.1, 0.15) is 6.33 Å². The van der Waals surface area contributed by atoms with Gasteiger partial charge in [-0.25, -0.2) is 9.78 Å². The number of rotatable bonds is 3. The Morgan fingerprint density at radius 2 is 2.38 bits per heavy atom. The van der Waals surface area contributed by atoms with E-state index in [1.54, 1.807) is 0 Å². The van der Waals surface area contributed by atoms with Crippen LogP contribution in [0, 0.1) is 0 Å². The number of anilines is 1. The third-order valence-electron chi connectivity index (χ3n) is 1.40. The Bertz CT molecular complexity index is 337. The number of hydrogen-bond donors (Lipinski definition) is 3. The molecule has 1 aromatic heterocycles. The molecule has 0 fully saturated rings. The number of aromatic nitrogens is 3. The standard InChI is InChI=1S/C6H10N4O3/c7-5-8-3-10(6(13)9-5)1-4(12)2-11/h3-4,11-12H,1-2H2,(H2,7,9,13)/t4-/m0/s1. The SMILES string of the molecule is Nc1ncn(C[C@H](O)CO)c(=O)n1. The average Bonchev–Trinajstić information content (AvgIpc) is 2.09. The van der Waals surface area contributed by atoms with Crippen LogP contribution in [0.4, 0.5) is 5.95 Å². The molecule has 0 saturated carbocycles. The fraction of sp³-hybridized carbons (Fsp3) is 0.500. The Kier molecular flexibility index (Phi) is 2.93. The highest BCUT2D eigenvalue weighted by Crippen LogP contribution is 1.87. The van der Waals surface area contributed by atoms with Crippen molar-refractivity contribution in [2.24, 2.45) is 0 Å². The molecular formula is C6H10N4O3. The zero-order chi connectivity index (χ0) is 9.84. The molecule has 0 amide bonds. The zero-order valence-corrected chi connectivity index (χ0v) is 6.79. The molecule has 7 nitrogen and oxygen atoms in total. The molecule has 1 heterocycles. The summed E-state index contributed by atoms with van der Waals surface area (Å²) in [6, 6.07) is 0. The molecule has 0 saturated heterocycles. The van der Waals surface area contributed by atoms with Gasteiger partial charge in [0.05, 0.1) is 19.3 Å². The van der Waals surface area contributed by atoms with Crippen LogP contribution < -0.4 is 11.4 Å². The van der Waals surface area contributed by atoms with Gasteiger partial charge in [0.15, 0.2) is 0 Å². The third-order valence-corrected chi connectivity index (χ3v) is 1.40. The van der Waals surface area contributed by atoms with Gasteiger partial charge >= 0.3 is 5.69 Å². The summed E-state index contributed by atoms with van der Waals surface area (Å²) in [5.41, 5.74) is 4.55. The van der Waals surface area contributed by atoms with Crippen LogP contribution in [0.5, 0.6) is 0 Å². The maximum Gasteiger partial charge on any atom is 0.352 e. The van der Waals surface area contributed by atoms with E-state index in [9.17, 15) is 4.79 Å². The highest BCUT2D eigenvalue weighted by molar-refractivity contribution is 5.09. The predicted octanol–water partition coefficient (Wildman–Crippen LogP) is -2.43. The van der Waals surface area contributed by atoms with Gasteiger partial charge in [0.25, 0.3) is 0 Å². The number of nitrogens with zero attached hydrogens (tertiary/aromatic N) is 3. The maximum atomic E-state index is 11.0. The molecule has 1 rings (SSSR count). The number of nitrogens with two attached hydrogens (primary N) is 1. The number of aliphatic hydroxyl groups is 2. The van der Waals surface area contributed by atoms with Gasteiger partial charge in [-0.05, 0) is 0 Å². The van der Waals surface area contributed by atoms with Crippen molar-refractivity contribution in [2.75, 3.05) is 12.3 Å². The topological polar surface area (TPSA) is 114 Å². The minimum absolute atomic E-state index is 0.0460. The van der Waals surface area contributed by atoms with E-state index >= 15 is 0 Å². The molecule has 0 unspecified atom stereocenters. The molecule has 0 aliphatic heterocycles. The van der Waals surface area contributed by atoms with Gasteiger partial charge in [-0.3, -0.25) is 4.57 Å². The molecule has 1 aromatic rings. The second-order valence-electron chi connectivity index (χ2n) is 2.49. The van der Waals surface area contributed by atoms with Crippen molar-refractivity contribution in [3.63, 3.8) is 0 Å². The summed E-state index contributed by atoms with van der Waals surface area (Å²) in [5.74, 6) is -0.111. The summed E-state index contributed by atoms with van der Waals surface area (Å²) in [4.78, 5) is 17.9. The van der Waals surface area contributed by atoms with Crippen LogP contribution in [0.1, 0.15) is 0 Å². The average molecular weight is 186 g/mol. The molecule has 0 aliphatic carbocycles. The Morgan fingerprint density at radius 3 is 2.92 bits per heavy atom. The highest BCUT2D eigenvalue weighted by Gasteiger charge is 2.05. The van der Waals surface area contributed by atoms with E-state index < -0.39 is 18.4 Å². The van der Waals surface area contributed by atoms with Crippen molar-refractivity contribution in [3.05, 3.63) is 16.8 Å². The van der Waals surface area contributed by atoms with E-state index in [4.69, 9.17) is 15.9 Å². The van der Waals surface area contributed by atoms with E-state index in [1.165, 1.54) is 6.33 Å². The first kappa shape index (κ1) is 9.62. The van der Waals surface area contributed by atoms with Crippen molar-refractivity contribution < 1.29 is 10.2 Å². The van der Waals surface area contributed by atoms with Crippen LogP contribution in [-0.2, 0) is 6.54 Å². The summed E-state index contributed by atoms with van der Waals surface area (Å²) in [6.45, 7) is -0.466. The monoisotopic (exact) mass is 186 g/mol. The predicted molar refractivity (Wildman–Crippen MR) is 43.8 cm³/mol. The largest absolute Gasteiger partial charge is 0.394 e. The van der Waals surface area contributed by atoms with Crippen LogP contribution >= 0.6 is 0 Å². The first-order chi connectivity index (χ1) is 6.13. The molecule has 7 heteroatoms. The Morgan fingerprint density at radius 1 is 1.69 bits per heavy atom. The lowest BCUT2D eigenvalue weighted by Crippen LogP contribution is -2.30. The van der Waals surface area contributed by atoms with Gasteiger partial charge in [-0.1, -0.05) is 0 Å². The van der Waals surface area contributed by atoms with Crippen LogP contribution in [0.2, 0.25) is 0 Å². The fourth-order valence-electron chi connectivity index (χ4n) is 0.779. The van der Waals surface area contributed by atoms with E-state index in [0.717, 1.165) is 4.57 Å². The van der Waals surface area contributed by atoms with Gasteiger partial charge in [-0.2, -0.15) is 4.98 Å². The van der Waals surface area contributed by atoms with Crippen LogP contribution in [-0.4, -0.2) is 37.5 Å². The molecule has 0 radical (unpaired) electrons. The summed E-state index contributed by atoms with van der Waals surface area (Å²) in [6.07, 6.45) is 0.175. The molecular weight excluding hydrogens is 176 g/mol. The van der Waals surface area contributed by atoms with E-state index in [-0.39, 0.29) is 12.5 Å². The maximum absolute atomic E-state index is 11.0. The van der Waals surface area contributed by atoms with Crippen LogP contribution in [0.3, 0.4) is 0 Å². The number of nitrogen functional groups attached to an aromatic ring is 1. The van der Waals surface area contributed by atoms with Crippen molar-refractivity contribution in [3.8, 4) is 0 Å². The van der Waals surface area contributed by atoms with Crippen molar-refractivity contribution >= 4 is 5.95 Å². The smallest absolute Gasteiger partial charge is 0.352 e. The second-order valence-corrected chi connectivity index (χ2v) is 2.49. The molecule has 13 heavy (non-hydrogen) atoms. The normalized spacial score (nSPS) is 12.8. The quantitative estimate of drug-likeness (QED) is 0.483. The fourth-order valence-corrected chi connectivity index (χ4v) is 0.779. The van der Waals surface area contributed by atoms with E-state index in [1.807, 2.05) is 0 Å². The minimum Gasteiger partial charge on any atom is -0.394 e. The Hall–Kier alpha value is -1.47. The lowest BCUT2D eigenvalue weighted by Gasteiger charge is -2.07. The van der Waals surface area contributed by atoms with Crippen LogP contribution in [0.15, 0.2) is 11.1 Å². The number of aliphatic hydroxyl groups excluding tert-OH is 2. The molecule has 0 spiro atoms. The Balaban J connectivity index is 2.84. The molecule has 0 aliphatic rings. The Labute approximate surface area is 73.5 Å². The third kappa shape index (κ3) is 2.49. The van der Waals surface area contributed by atoms with Crippen molar-refractivity contribution in [1.82, 2.24) is 14.5 Å². The van der Waals surface area contributed by atoms with E-state index in [2.05, 4.69) is 9.97 Å². The van der Waals surface area contributed by atoms with Gasteiger partial charge in [0.2, 0.25) is 5.95 Å². The second kappa shape index (κ2) is 3.97. The summed E-state index contributed by atoms with van der Waals surface area (Å²) in [7, 11) is 0. The first-order valence-corrected chi connectivity index (χ1v) is 3.61. The first-order valence-electron chi connectivity index (χ1n) is 3.61. The van der Waals surface area contributed by atoms with Crippen LogP contribution in [0.25, 0.3) is 0 Å².